The van der Waals surface area contributed by atoms with E-state index in [9.17, 15) is 14.3 Å². The summed E-state index contributed by atoms with van der Waals surface area (Å²) in [6, 6.07) is 5.82. The normalized spacial score (nSPS) is 15.0. The second kappa shape index (κ2) is 7.58. The molecular weight excluding hydrogens is 347 g/mol. The average molecular weight is 364 g/mol. The van der Waals surface area contributed by atoms with Gasteiger partial charge in [0.1, 0.15) is 11.4 Å². The van der Waals surface area contributed by atoms with E-state index in [1.165, 1.54) is 22.9 Å². The summed E-state index contributed by atoms with van der Waals surface area (Å²) >= 11 is 5.12. The molecule has 1 aromatic carbocycles. The van der Waals surface area contributed by atoms with E-state index in [-0.39, 0.29) is 28.6 Å². The van der Waals surface area contributed by atoms with E-state index in [4.69, 9.17) is 17.0 Å². The highest BCUT2D eigenvalue weighted by atomic mass is 32.1. The van der Waals surface area contributed by atoms with Gasteiger partial charge in [-0.25, -0.2) is 4.39 Å². The van der Waals surface area contributed by atoms with E-state index >= 15 is 0 Å². The number of nitrogens with zero attached hydrogens (tertiary/aromatic N) is 3. The molecule has 0 unspecified atom stereocenters. The summed E-state index contributed by atoms with van der Waals surface area (Å²) in [6.07, 6.45) is 1.31. The van der Waals surface area contributed by atoms with Crippen molar-refractivity contribution in [3.8, 4) is 5.88 Å². The maximum absolute atomic E-state index is 13.0. The van der Waals surface area contributed by atoms with Gasteiger partial charge in [-0.3, -0.25) is 19.4 Å². The Labute approximate surface area is 148 Å². The van der Waals surface area contributed by atoms with E-state index in [2.05, 4.69) is 10.1 Å². The van der Waals surface area contributed by atoms with Crippen LogP contribution in [0, 0.1) is 10.6 Å². The Hall–Kier alpha value is -2.52. The molecule has 1 saturated heterocycles. The minimum Gasteiger partial charge on any atom is -0.494 e. The molecule has 0 aliphatic carbocycles. The largest absolute Gasteiger partial charge is 0.494 e. The predicted molar refractivity (Wildman–Crippen MR) is 93.0 cm³/mol. The molecule has 0 amide bonds. The molecule has 1 aliphatic heterocycles. The monoisotopic (exact) mass is 364 g/mol. The average Bonchev–Trinajstić information content (AvgIpc) is 2.61. The summed E-state index contributed by atoms with van der Waals surface area (Å²) in [5.74, 6) is -0.633. The van der Waals surface area contributed by atoms with E-state index in [0.717, 1.165) is 5.56 Å². The van der Waals surface area contributed by atoms with Gasteiger partial charge >= 0.3 is 0 Å². The third kappa shape index (κ3) is 4.12. The molecule has 0 bridgehead atoms. The minimum atomic E-state index is -0.519. The van der Waals surface area contributed by atoms with Gasteiger partial charge in [0.05, 0.1) is 39.1 Å². The third-order valence-corrected chi connectivity index (χ3v) is 4.12. The molecule has 0 radical (unpaired) electrons. The molecule has 0 saturated carbocycles. The zero-order valence-electron chi connectivity index (χ0n) is 13.3. The number of morpholine rings is 1. The van der Waals surface area contributed by atoms with Crippen molar-refractivity contribution in [2.45, 2.75) is 6.54 Å². The van der Waals surface area contributed by atoms with Gasteiger partial charge in [0.15, 0.2) is 4.77 Å². The number of aromatic amines is 1. The first-order valence-electron chi connectivity index (χ1n) is 7.72. The Bertz CT molecular complexity index is 886. The maximum atomic E-state index is 13.0. The van der Waals surface area contributed by atoms with Crippen molar-refractivity contribution < 1.29 is 14.2 Å². The molecular formula is C16H17FN4O3S. The fourth-order valence-corrected chi connectivity index (χ4v) is 2.66. The lowest BCUT2D eigenvalue weighted by Gasteiger charge is -2.23. The van der Waals surface area contributed by atoms with Crippen LogP contribution in [0.1, 0.15) is 11.1 Å². The molecule has 2 N–H and O–H groups in total. The highest BCUT2D eigenvalue weighted by molar-refractivity contribution is 7.71. The number of benzene rings is 1. The molecule has 2 heterocycles. The van der Waals surface area contributed by atoms with Gasteiger partial charge in [0.25, 0.3) is 5.56 Å². The molecule has 7 nitrogen and oxygen atoms in total. The zero-order valence-corrected chi connectivity index (χ0v) is 14.1. The summed E-state index contributed by atoms with van der Waals surface area (Å²) in [5, 5.41) is 16.4. The molecule has 0 atom stereocenters. The van der Waals surface area contributed by atoms with Crippen LogP contribution in [0.2, 0.25) is 0 Å². The highest BCUT2D eigenvalue weighted by Crippen LogP contribution is 2.15. The number of hydrogen-bond acceptors (Lipinski definition) is 6. The van der Waals surface area contributed by atoms with Crippen LogP contribution in [0.15, 0.2) is 34.2 Å². The van der Waals surface area contributed by atoms with Crippen LogP contribution in [-0.2, 0) is 11.3 Å². The number of nitrogens with one attached hydrogen (secondary N) is 1. The number of aromatic nitrogens is 2. The lowest BCUT2D eigenvalue weighted by atomic mass is 10.2. The summed E-state index contributed by atoms with van der Waals surface area (Å²) in [4.78, 5) is 14.6. The number of rotatable bonds is 4. The molecule has 0 spiro atoms. The van der Waals surface area contributed by atoms with Gasteiger partial charge in [-0.2, -0.15) is 5.10 Å². The molecule has 1 fully saturated rings. The molecule has 9 heteroatoms. The van der Waals surface area contributed by atoms with Crippen LogP contribution in [0.3, 0.4) is 0 Å². The fourth-order valence-electron chi connectivity index (χ4n) is 2.42. The molecule has 132 valence electrons. The highest BCUT2D eigenvalue weighted by Gasteiger charge is 2.13. The first-order valence-corrected chi connectivity index (χ1v) is 8.12. The number of H-pyrrole nitrogens is 1. The second-order valence-electron chi connectivity index (χ2n) is 5.52. The zero-order chi connectivity index (χ0) is 17.8. The predicted octanol–water partition coefficient (Wildman–Crippen LogP) is 1.46. The quantitative estimate of drug-likeness (QED) is 0.634. The van der Waals surface area contributed by atoms with Crippen molar-refractivity contribution in [3.05, 3.63) is 56.3 Å². The summed E-state index contributed by atoms with van der Waals surface area (Å²) < 4.78 is 19.7. The number of hydrogen-bond donors (Lipinski definition) is 2. The van der Waals surface area contributed by atoms with E-state index < -0.39 is 5.56 Å². The van der Waals surface area contributed by atoms with Crippen molar-refractivity contribution in [1.29, 1.82) is 0 Å². The van der Waals surface area contributed by atoms with Crippen molar-refractivity contribution in [2.75, 3.05) is 26.3 Å². The van der Waals surface area contributed by atoms with E-state index in [1.54, 1.807) is 17.1 Å². The lowest BCUT2D eigenvalue weighted by molar-refractivity contribution is 0.0396. The second-order valence-corrected chi connectivity index (χ2v) is 5.91. The van der Waals surface area contributed by atoms with Gasteiger partial charge in [0.2, 0.25) is 5.88 Å². The first kappa shape index (κ1) is 17.3. The van der Waals surface area contributed by atoms with Crippen molar-refractivity contribution >= 4 is 18.4 Å². The standard InChI is InChI=1S/C16H17FN4O3S/c17-12-3-1-11(2-4-12)10-21-15(23)13(14(22)19-16(21)25)9-18-20-5-7-24-8-6-20/h1-4,9,23H,5-8,10H2,(H,19,22,25)/b18-9+. The molecule has 1 aliphatic rings. The molecule has 25 heavy (non-hydrogen) atoms. The number of ether oxygens (including phenoxy) is 1. The summed E-state index contributed by atoms with van der Waals surface area (Å²) in [7, 11) is 0. The smallest absolute Gasteiger partial charge is 0.264 e. The number of aromatic hydroxyl groups is 1. The van der Waals surface area contributed by atoms with Crippen LogP contribution < -0.4 is 5.56 Å². The Morgan fingerprint density at radius 2 is 2.00 bits per heavy atom. The number of halogens is 1. The maximum Gasteiger partial charge on any atom is 0.264 e. The van der Waals surface area contributed by atoms with E-state index in [1.807, 2.05) is 0 Å². The van der Waals surface area contributed by atoms with Gasteiger partial charge in [0, 0.05) is 0 Å². The van der Waals surface area contributed by atoms with Gasteiger partial charge in [-0.1, -0.05) is 12.1 Å². The molecule has 3 rings (SSSR count). The molecule has 1 aromatic heterocycles. The van der Waals surface area contributed by atoms with Crippen molar-refractivity contribution in [1.82, 2.24) is 14.6 Å². The van der Waals surface area contributed by atoms with Crippen LogP contribution in [-0.4, -0.2) is 52.2 Å². The van der Waals surface area contributed by atoms with Crippen LogP contribution in [0.4, 0.5) is 4.39 Å². The lowest BCUT2D eigenvalue weighted by Crippen LogP contribution is -2.32. The van der Waals surface area contributed by atoms with Crippen LogP contribution >= 0.6 is 12.2 Å². The van der Waals surface area contributed by atoms with Gasteiger partial charge in [-0.15, -0.1) is 0 Å². The Morgan fingerprint density at radius 1 is 1.32 bits per heavy atom. The summed E-state index contributed by atoms with van der Waals surface area (Å²) in [6.45, 7) is 2.55. The van der Waals surface area contributed by atoms with Crippen molar-refractivity contribution in [2.24, 2.45) is 5.10 Å². The Morgan fingerprint density at radius 3 is 2.68 bits per heavy atom. The Balaban J connectivity index is 1.91. The van der Waals surface area contributed by atoms with Crippen molar-refractivity contribution in [3.63, 3.8) is 0 Å². The van der Waals surface area contributed by atoms with Crippen LogP contribution in [0.25, 0.3) is 0 Å². The van der Waals surface area contributed by atoms with E-state index in [0.29, 0.717) is 26.3 Å². The topological polar surface area (TPSA) is 82.8 Å². The summed E-state index contributed by atoms with van der Waals surface area (Å²) in [5.41, 5.74) is 0.230. The molecule has 2 aromatic rings. The van der Waals surface area contributed by atoms with Gasteiger partial charge in [-0.05, 0) is 29.9 Å². The first-order chi connectivity index (χ1) is 12.0. The fraction of sp³-hybridized carbons (Fsp3) is 0.312. The number of hydrazone groups is 1. The Kier molecular flexibility index (Phi) is 5.25. The SMILES string of the molecule is O=c1[nH]c(=S)n(Cc2ccc(F)cc2)c(O)c1/C=N/N1CCOCC1. The third-order valence-electron chi connectivity index (χ3n) is 3.80. The van der Waals surface area contributed by atoms with Gasteiger partial charge < -0.3 is 9.84 Å². The minimum absolute atomic E-state index is 0.0159. The van der Waals surface area contributed by atoms with Crippen LogP contribution in [0.5, 0.6) is 5.88 Å².